The molecule has 0 aromatic heterocycles. The van der Waals surface area contributed by atoms with Crippen LogP contribution >= 0.6 is 23.8 Å². The molecular formula is C17H19ClS. The molecule has 0 N–H and O–H groups in total. The van der Waals surface area contributed by atoms with Crippen LogP contribution in [0.2, 0.25) is 5.02 Å². The van der Waals surface area contributed by atoms with Gasteiger partial charge in [-0.15, -0.1) is 0 Å². The maximum Gasteiger partial charge on any atom is 0.0441 e. The molecule has 0 radical (unpaired) electrons. The number of halogens is 1. The van der Waals surface area contributed by atoms with Crippen molar-refractivity contribution in [2.75, 3.05) is 0 Å². The molecule has 0 unspecified atom stereocenters. The average Bonchev–Trinajstić information content (AvgIpc) is 2.36. The molecule has 19 heavy (non-hydrogen) atoms. The second-order valence-electron chi connectivity index (χ2n) is 4.44. The lowest BCUT2D eigenvalue weighted by Gasteiger charge is -2.13. The smallest absolute Gasteiger partial charge is 0.0441 e. The SMILES string of the molecule is C=C/C=C(\C=C)CCc1c(Cl)ccc(C(C)=S)c1C. The van der Waals surface area contributed by atoms with Gasteiger partial charge in [-0.3, -0.25) is 0 Å². The summed E-state index contributed by atoms with van der Waals surface area (Å²) in [6.45, 7) is 11.5. The number of benzene rings is 1. The fraction of sp³-hybridized carbons (Fsp3) is 0.235. The van der Waals surface area contributed by atoms with Crippen LogP contribution in [0.25, 0.3) is 0 Å². The molecule has 0 aliphatic carbocycles. The molecule has 0 fully saturated rings. The molecule has 100 valence electrons. The molecule has 0 saturated heterocycles. The van der Waals surface area contributed by atoms with Gasteiger partial charge in [0, 0.05) is 9.89 Å². The lowest BCUT2D eigenvalue weighted by atomic mass is 9.95. The van der Waals surface area contributed by atoms with Gasteiger partial charge in [0.15, 0.2) is 0 Å². The molecule has 0 nitrogen and oxygen atoms in total. The first kappa shape index (κ1) is 15.9. The molecule has 1 aromatic rings. The van der Waals surface area contributed by atoms with E-state index in [1.807, 2.05) is 31.2 Å². The molecule has 1 aromatic carbocycles. The predicted octanol–water partition coefficient (Wildman–Crippen LogP) is 5.62. The fourth-order valence-corrected chi connectivity index (χ4v) is 2.61. The first-order chi connectivity index (χ1) is 9.01. The molecule has 0 saturated carbocycles. The molecule has 2 heteroatoms. The summed E-state index contributed by atoms with van der Waals surface area (Å²) >= 11 is 11.6. The zero-order valence-corrected chi connectivity index (χ0v) is 13.1. The van der Waals surface area contributed by atoms with E-state index in [0.717, 1.165) is 33.9 Å². The maximum absolute atomic E-state index is 6.30. The normalized spacial score (nSPS) is 11.2. The van der Waals surface area contributed by atoms with Crippen LogP contribution in [0.1, 0.15) is 30.0 Å². The van der Waals surface area contributed by atoms with Crippen molar-refractivity contribution in [3.8, 4) is 0 Å². The number of allylic oxidation sites excluding steroid dienone is 4. The van der Waals surface area contributed by atoms with Gasteiger partial charge in [0.05, 0.1) is 0 Å². The highest BCUT2D eigenvalue weighted by Gasteiger charge is 2.10. The highest BCUT2D eigenvalue weighted by molar-refractivity contribution is 7.80. The highest BCUT2D eigenvalue weighted by Crippen LogP contribution is 2.26. The Bertz CT molecular complexity index is 538. The molecule has 0 heterocycles. The highest BCUT2D eigenvalue weighted by atomic mass is 35.5. The van der Waals surface area contributed by atoms with Crippen molar-refractivity contribution < 1.29 is 0 Å². The molecule has 0 aliphatic heterocycles. The minimum Gasteiger partial charge on any atom is -0.0991 e. The van der Waals surface area contributed by atoms with Gasteiger partial charge in [-0.2, -0.15) is 0 Å². The third kappa shape index (κ3) is 4.15. The second-order valence-corrected chi connectivity index (χ2v) is 5.46. The van der Waals surface area contributed by atoms with E-state index in [9.17, 15) is 0 Å². The second kappa shape index (κ2) is 7.42. The first-order valence-electron chi connectivity index (χ1n) is 6.24. The zero-order chi connectivity index (χ0) is 14.4. The fourth-order valence-electron chi connectivity index (χ4n) is 2.09. The van der Waals surface area contributed by atoms with E-state index in [2.05, 4.69) is 20.1 Å². The van der Waals surface area contributed by atoms with Crippen molar-refractivity contribution in [1.29, 1.82) is 0 Å². The summed E-state index contributed by atoms with van der Waals surface area (Å²) in [6, 6.07) is 3.93. The van der Waals surface area contributed by atoms with Crippen molar-refractivity contribution in [2.45, 2.75) is 26.7 Å². The predicted molar refractivity (Wildman–Crippen MR) is 90.4 cm³/mol. The Hall–Kier alpha value is -1.18. The van der Waals surface area contributed by atoms with Crippen LogP contribution in [0.4, 0.5) is 0 Å². The Labute approximate surface area is 126 Å². The third-order valence-electron chi connectivity index (χ3n) is 3.18. The van der Waals surface area contributed by atoms with Gasteiger partial charge in [-0.05, 0) is 55.0 Å². The lowest BCUT2D eigenvalue weighted by molar-refractivity contribution is 0.954. The Morgan fingerprint density at radius 3 is 2.58 bits per heavy atom. The van der Waals surface area contributed by atoms with Gasteiger partial charge in [-0.1, -0.05) is 61.3 Å². The van der Waals surface area contributed by atoms with E-state index in [4.69, 9.17) is 23.8 Å². The van der Waals surface area contributed by atoms with Crippen molar-refractivity contribution in [2.24, 2.45) is 0 Å². The van der Waals surface area contributed by atoms with Crippen LogP contribution in [0.5, 0.6) is 0 Å². The van der Waals surface area contributed by atoms with Crippen molar-refractivity contribution >= 4 is 28.7 Å². The Morgan fingerprint density at radius 2 is 2.05 bits per heavy atom. The number of rotatable bonds is 6. The van der Waals surface area contributed by atoms with Crippen LogP contribution in [-0.4, -0.2) is 4.86 Å². The molecule has 0 bridgehead atoms. The molecular weight excluding hydrogens is 272 g/mol. The van der Waals surface area contributed by atoms with Crippen molar-refractivity contribution in [3.63, 3.8) is 0 Å². The van der Waals surface area contributed by atoms with Gasteiger partial charge in [0.2, 0.25) is 0 Å². The van der Waals surface area contributed by atoms with Gasteiger partial charge in [0.1, 0.15) is 0 Å². The van der Waals surface area contributed by atoms with Gasteiger partial charge >= 0.3 is 0 Å². The Balaban J connectivity index is 3.04. The van der Waals surface area contributed by atoms with Crippen LogP contribution < -0.4 is 0 Å². The summed E-state index contributed by atoms with van der Waals surface area (Å²) in [7, 11) is 0. The Morgan fingerprint density at radius 1 is 1.37 bits per heavy atom. The quantitative estimate of drug-likeness (QED) is 0.372. The number of hydrogen-bond acceptors (Lipinski definition) is 1. The minimum atomic E-state index is 0.805. The number of thiocarbonyl (C=S) groups is 1. The number of hydrogen-bond donors (Lipinski definition) is 0. The topological polar surface area (TPSA) is 0 Å². The monoisotopic (exact) mass is 290 g/mol. The third-order valence-corrected chi connectivity index (χ3v) is 3.75. The van der Waals surface area contributed by atoms with Crippen LogP contribution in [0, 0.1) is 6.92 Å². The van der Waals surface area contributed by atoms with E-state index in [1.165, 1.54) is 11.1 Å². The molecule has 0 aliphatic rings. The van der Waals surface area contributed by atoms with E-state index >= 15 is 0 Å². The van der Waals surface area contributed by atoms with Crippen LogP contribution in [0.3, 0.4) is 0 Å². The zero-order valence-electron chi connectivity index (χ0n) is 11.5. The lowest BCUT2D eigenvalue weighted by Crippen LogP contribution is -2.01. The molecule has 0 amide bonds. The summed E-state index contributed by atoms with van der Waals surface area (Å²) in [5.41, 5.74) is 4.62. The van der Waals surface area contributed by atoms with E-state index in [-0.39, 0.29) is 0 Å². The summed E-state index contributed by atoms with van der Waals surface area (Å²) in [5, 5.41) is 0.805. The van der Waals surface area contributed by atoms with Crippen LogP contribution in [-0.2, 0) is 6.42 Å². The van der Waals surface area contributed by atoms with E-state index in [0.29, 0.717) is 0 Å². The summed E-state index contributed by atoms with van der Waals surface area (Å²) in [6.07, 6.45) is 7.40. The largest absolute Gasteiger partial charge is 0.0991 e. The van der Waals surface area contributed by atoms with E-state index in [1.54, 1.807) is 6.08 Å². The molecule has 1 rings (SSSR count). The molecule has 0 spiro atoms. The summed E-state index contributed by atoms with van der Waals surface area (Å²) < 4.78 is 0. The van der Waals surface area contributed by atoms with Gasteiger partial charge < -0.3 is 0 Å². The van der Waals surface area contributed by atoms with Crippen LogP contribution in [0.15, 0.2) is 49.1 Å². The average molecular weight is 291 g/mol. The maximum atomic E-state index is 6.30. The first-order valence-corrected chi connectivity index (χ1v) is 7.02. The summed E-state index contributed by atoms with van der Waals surface area (Å²) in [5.74, 6) is 0. The van der Waals surface area contributed by atoms with Gasteiger partial charge in [-0.25, -0.2) is 0 Å². The molecule has 0 atom stereocenters. The summed E-state index contributed by atoms with van der Waals surface area (Å²) in [4.78, 5) is 0.904. The van der Waals surface area contributed by atoms with E-state index < -0.39 is 0 Å². The standard InChI is InChI=1S/C17H19ClS/c1-5-7-14(6-2)8-9-16-12(3)15(13(4)19)10-11-17(16)18/h5-7,10-11H,1-2,8-9H2,3-4H3/b14-7+. The minimum absolute atomic E-state index is 0.805. The van der Waals surface area contributed by atoms with Crippen molar-refractivity contribution in [3.05, 3.63) is 70.8 Å². The van der Waals surface area contributed by atoms with Crippen molar-refractivity contribution in [1.82, 2.24) is 0 Å². The Kier molecular flexibility index (Phi) is 6.20. The van der Waals surface area contributed by atoms with Gasteiger partial charge in [0.25, 0.3) is 0 Å².